The molecule has 1 spiro atoms. The van der Waals surface area contributed by atoms with Crippen LogP contribution < -0.4 is 0 Å². The number of amides is 2. The van der Waals surface area contributed by atoms with Crippen LogP contribution in [0.2, 0.25) is 0 Å². The quantitative estimate of drug-likeness (QED) is 0.320. The summed E-state index contributed by atoms with van der Waals surface area (Å²) in [6.45, 7) is 9.72. The second-order valence-electron chi connectivity index (χ2n) is 10.4. The Balaban J connectivity index is 1.54. The van der Waals surface area contributed by atoms with Gasteiger partial charge in [-0.3, -0.25) is 14.4 Å². The molecule has 2 amide bonds. The highest BCUT2D eigenvalue weighted by atomic mass is 16.6. The average molecular weight is 538 g/mol. The van der Waals surface area contributed by atoms with Crippen molar-refractivity contribution in [2.24, 2.45) is 11.8 Å². The number of aliphatic hydroxyl groups is 1. The van der Waals surface area contributed by atoms with Crippen molar-refractivity contribution in [1.29, 1.82) is 0 Å². The van der Waals surface area contributed by atoms with Gasteiger partial charge in [0.2, 0.25) is 11.8 Å². The van der Waals surface area contributed by atoms with Gasteiger partial charge in [0.15, 0.2) is 0 Å². The average Bonchev–Trinajstić information content (AvgIpc) is 3.67. The number of ether oxygens (including phenoxy) is 2. The number of carbonyl (C=O) groups excluding carboxylic acids is 3. The van der Waals surface area contributed by atoms with E-state index >= 15 is 0 Å². The number of hydrogen-bond acceptors (Lipinski definition) is 8. The van der Waals surface area contributed by atoms with Crippen LogP contribution in [-0.2, 0) is 30.5 Å². The van der Waals surface area contributed by atoms with Gasteiger partial charge >= 0.3 is 5.97 Å². The van der Waals surface area contributed by atoms with Crippen molar-refractivity contribution in [2.75, 3.05) is 26.3 Å². The Morgan fingerprint density at radius 2 is 2.08 bits per heavy atom. The Morgan fingerprint density at radius 1 is 1.28 bits per heavy atom. The van der Waals surface area contributed by atoms with Gasteiger partial charge in [-0.05, 0) is 37.8 Å². The number of carbonyl (C=O) groups is 3. The summed E-state index contributed by atoms with van der Waals surface area (Å²) in [7, 11) is 0. The maximum atomic E-state index is 14.4. The molecule has 0 saturated carbocycles. The van der Waals surface area contributed by atoms with Crippen LogP contribution in [0.15, 0.2) is 49.6 Å². The van der Waals surface area contributed by atoms with E-state index in [4.69, 9.17) is 9.47 Å². The highest BCUT2D eigenvalue weighted by Crippen LogP contribution is 2.64. The minimum atomic E-state index is -1.18. The summed E-state index contributed by atoms with van der Waals surface area (Å²) in [5.41, 5.74) is -0.596. The summed E-state index contributed by atoms with van der Waals surface area (Å²) in [5.74, 6) is -2.83. The number of aliphatic hydroxyl groups excluding tert-OH is 1. The number of aromatic nitrogens is 3. The first kappa shape index (κ1) is 27.0. The highest BCUT2D eigenvalue weighted by Gasteiger charge is 2.79. The fraction of sp³-hybridized carbons (Fsp3) is 0.536. The molecule has 2 bridgehead atoms. The van der Waals surface area contributed by atoms with Crippen molar-refractivity contribution in [2.45, 2.75) is 56.5 Å². The van der Waals surface area contributed by atoms with Crippen LogP contribution in [-0.4, -0.2) is 91.2 Å². The molecule has 1 aromatic carbocycles. The Morgan fingerprint density at radius 3 is 2.79 bits per heavy atom. The lowest BCUT2D eigenvalue weighted by molar-refractivity contribution is -0.161. The summed E-state index contributed by atoms with van der Waals surface area (Å²) in [6.07, 6.45) is 4.90. The van der Waals surface area contributed by atoms with Gasteiger partial charge < -0.3 is 24.4 Å². The Bertz CT molecular complexity index is 1290. The van der Waals surface area contributed by atoms with Crippen LogP contribution in [0.4, 0.5) is 0 Å². The topological polar surface area (TPSA) is 127 Å². The lowest BCUT2D eigenvalue weighted by atomic mass is 9.65. The zero-order chi connectivity index (χ0) is 27.8. The lowest BCUT2D eigenvalue weighted by Gasteiger charge is -2.36. The van der Waals surface area contributed by atoms with E-state index in [0.717, 1.165) is 5.52 Å². The van der Waals surface area contributed by atoms with Crippen molar-refractivity contribution in [3.05, 3.63) is 49.6 Å². The van der Waals surface area contributed by atoms with Crippen LogP contribution >= 0.6 is 0 Å². The van der Waals surface area contributed by atoms with Crippen LogP contribution in [0.5, 0.6) is 0 Å². The predicted octanol–water partition coefficient (Wildman–Crippen LogP) is 1.67. The molecule has 39 heavy (non-hydrogen) atoms. The second kappa shape index (κ2) is 10.5. The van der Waals surface area contributed by atoms with E-state index < -0.39 is 35.0 Å². The number of likely N-dealkylation sites (tertiary alicyclic amines) is 1. The van der Waals surface area contributed by atoms with Crippen LogP contribution in [0, 0.1) is 11.8 Å². The van der Waals surface area contributed by atoms with Crippen molar-refractivity contribution < 1.29 is 29.0 Å². The number of benzene rings is 1. The molecule has 5 rings (SSSR count). The number of nitrogens with zero attached hydrogens (tertiary/aromatic N) is 5. The van der Waals surface area contributed by atoms with Gasteiger partial charge in [0.25, 0.3) is 0 Å². The Hall–Kier alpha value is -3.57. The molecule has 3 aliphatic heterocycles. The van der Waals surface area contributed by atoms with Crippen molar-refractivity contribution in [1.82, 2.24) is 24.8 Å². The van der Waals surface area contributed by atoms with E-state index in [9.17, 15) is 19.5 Å². The normalized spacial score (nSPS) is 29.0. The maximum absolute atomic E-state index is 14.4. The molecule has 208 valence electrons. The summed E-state index contributed by atoms with van der Waals surface area (Å²) in [6, 6.07) is 6.49. The van der Waals surface area contributed by atoms with Crippen LogP contribution in [0.1, 0.15) is 32.6 Å². The molecule has 0 aliphatic carbocycles. The first-order valence-corrected chi connectivity index (χ1v) is 13.4. The molecule has 2 unspecified atom stereocenters. The van der Waals surface area contributed by atoms with E-state index in [1.54, 1.807) is 15.7 Å². The van der Waals surface area contributed by atoms with Crippen molar-refractivity contribution in [3.63, 3.8) is 0 Å². The fourth-order valence-electron chi connectivity index (χ4n) is 6.80. The molecule has 0 radical (unpaired) electrons. The molecule has 1 aromatic heterocycles. The van der Waals surface area contributed by atoms with E-state index in [2.05, 4.69) is 23.5 Å². The molecule has 1 N–H and O–H groups in total. The Kier molecular flexibility index (Phi) is 7.30. The summed E-state index contributed by atoms with van der Waals surface area (Å²) in [4.78, 5) is 44.9. The molecule has 5 atom stereocenters. The molecule has 3 saturated heterocycles. The molecule has 11 nitrogen and oxygen atoms in total. The molecule has 11 heteroatoms. The number of para-hydroxylation sites is 1. The van der Waals surface area contributed by atoms with E-state index in [1.165, 1.54) is 11.0 Å². The zero-order valence-corrected chi connectivity index (χ0v) is 22.2. The van der Waals surface area contributed by atoms with Gasteiger partial charge in [-0.1, -0.05) is 43.0 Å². The van der Waals surface area contributed by atoms with Crippen LogP contribution in [0.25, 0.3) is 11.0 Å². The smallest absolute Gasteiger partial charge is 0.313 e. The van der Waals surface area contributed by atoms with Gasteiger partial charge in [-0.15, -0.1) is 11.7 Å². The summed E-state index contributed by atoms with van der Waals surface area (Å²) in [5, 5.41) is 18.0. The standard InChI is InChI=1S/C28H35N5O6/c1-4-14-31(18-33-20-11-8-7-10-19(20)29-30-33)25(36)23-28-13-12-27(6-3,39-28)22(26(37)38-17-5-2)21(28)24(35)32(23)15-9-16-34/h4-5,7-8,10-11,21-23,34H,1-2,6,9,12-18H2,3H3/t21-,22+,23?,27-,28?/m0/s1. The number of rotatable bonds is 12. The van der Waals surface area contributed by atoms with Gasteiger partial charge in [-0.2, -0.15) is 0 Å². The van der Waals surface area contributed by atoms with Gasteiger partial charge in [0, 0.05) is 19.7 Å². The number of fused-ring (bicyclic) bond motifs is 2. The summed E-state index contributed by atoms with van der Waals surface area (Å²) < 4.78 is 13.8. The second-order valence-corrected chi connectivity index (χ2v) is 10.4. The van der Waals surface area contributed by atoms with Crippen molar-refractivity contribution in [3.8, 4) is 0 Å². The van der Waals surface area contributed by atoms with Gasteiger partial charge in [0.1, 0.15) is 36.4 Å². The van der Waals surface area contributed by atoms with Gasteiger partial charge in [-0.25, -0.2) is 4.68 Å². The zero-order valence-electron chi connectivity index (χ0n) is 22.2. The maximum Gasteiger partial charge on any atom is 0.313 e. The number of hydrogen-bond donors (Lipinski definition) is 1. The predicted molar refractivity (Wildman–Crippen MR) is 141 cm³/mol. The molecule has 3 fully saturated rings. The first-order valence-electron chi connectivity index (χ1n) is 13.4. The molecular formula is C28H35N5O6. The minimum absolute atomic E-state index is 0.0264. The SMILES string of the molecule is C=CCOC(=O)[C@H]1[C@H]2C(=O)N(CCCO)C(C(=O)N(CC=C)Cn3nnc4ccccc43)C23CC[C@]1(CC)O3. The first-order chi connectivity index (χ1) is 18.9. The van der Waals surface area contributed by atoms with E-state index in [0.29, 0.717) is 24.8 Å². The number of esters is 1. The van der Waals surface area contributed by atoms with Gasteiger partial charge in [0.05, 0.1) is 17.0 Å². The lowest BCUT2D eigenvalue weighted by Crippen LogP contribution is -2.56. The van der Waals surface area contributed by atoms with Crippen LogP contribution in [0.3, 0.4) is 0 Å². The van der Waals surface area contributed by atoms with E-state index in [-0.39, 0.29) is 51.2 Å². The summed E-state index contributed by atoms with van der Waals surface area (Å²) >= 11 is 0. The van der Waals surface area contributed by atoms with E-state index in [1.807, 2.05) is 31.2 Å². The molecule has 3 aliphatic rings. The fourth-order valence-corrected chi connectivity index (χ4v) is 6.80. The monoisotopic (exact) mass is 537 g/mol. The largest absolute Gasteiger partial charge is 0.461 e. The molecule has 2 aromatic rings. The molecule has 4 heterocycles. The third-order valence-corrected chi connectivity index (χ3v) is 8.46. The molecular weight excluding hydrogens is 502 g/mol. The minimum Gasteiger partial charge on any atom is -0.461 e. The van der Waals surface area contributed by atoms with Crippen molar-refractivity contribution >= 4 is 28.8 Å². The highest BCUT2D eigenvalue weighted by molar-refractivity contribution is 5.98. The Labute approximate surface area is 227 Å². The third kappa shape index (κ3) is 4.15. The third-order valence-electron chi connectivity index (χ3n) is 8.46.